The zero-order chi connectivity index (χ0) is 21.6. The third-order valence-corrected chi connectivity index (χ3v) is 7.93. The molecule has 4 N–H and O–H groups in total. The number of nitrogens with one attached hydrogen (secondary N) is 2. The van der Waals surface area contributed by atoms with E-state index in [0.717, 1.165) is 70.5 Å². The van der Waals surface area contributed by atoms with Crippen LogP contribution in [0.1, 0.15) is 50.0 Å². The van der Waals surface area contributed by atoms with Crippen molar-refractivity contribution in [2.75, 3.05) is 13.1 Å². The molecule has 1 aromatic carbocycles. The average molecular weight is 439 g/mol. The van der Waals surface area contributed by atoms with Gasteiger partial charge in [0.1, 0.15) is 5.69 Å². The maximum absolute atomic E-state index is 10.9. The number of piperidine rings is 1. The van der Waals surface area contributed by atoms with Crippen molar-refractivity contribution >= 4 is 32.5 Å². The van der Waals surface area contributed by atoms with Crippen molar-refractivity contribution in [2.45, 2.75) is 57.8 Å². The highest BCUT2D eigenvalue weighted by Crippen LogP contribution is 2.36. The molecular formula is C24H30N4O2S. The van der Waals surface area contributed by atoms with Crippen LogP contribution in [0.5, 0.6) is 0 Å². The van der Waals surface area contributed by atoms with E-state index < -0.39 is 5.60 Å². The summed E-state index contributed by atoms with van der Waals surface area (Å²) in [6.45, 7) is 6.86. The Morgan fingerprint density at radius 3 is 2.65 bits per heavy atom. The van der Waals surface area contributed by atoms with Crippen LogP contribution in [-0.4, -0.2) is 49.5 Å². The Labute approximate surface area is 185 Å². The first-order chi connectivity index (χ1) is 15.0. The minimum atomic E-state index is -0.786. The third-order valence-electron chi connectivity index (χ3n) is 6.81. The second-order valence-corrected chi connectivity index (χ2v) is 9.90. The maximum Gasteiger partial charge on any atom is 0.126 e. The van der Waals surface area contributed by atoms with E-state index in [1.165, 1.54) is 4.88 Å². The predicted molar refractivity (Wildman–Crippen MR) is 126 cm³/mol. The number of thiophene rings is 1. The molecule has 7 heteroatoms. The number of rotatable bonds is 6. The van der Waals surface area contributed by atoms with Crippen LogP contribution < -0.4 is 0 Å². The van der Waals surface area contributed by atoms with E-state index >= 15 is 0 Å². The molecule has 164 valence electrons. The van der Waals surface area contributed by atoms with Gasteiger partial charge in [0.15, 0.2) is 0 Å². The molecule has 1 aliphatic rings. The van der Waals surface area contributed by atoms with Crippen molar-refractivity contribution in [1.29, 1.82) is 0 Å². The van der Waals surface area contributed by atoms with Crippen LogP contribution >= 0.6 is 11.3 Å². The quantitative estimate of drug-likeness (QED) is 0.350. The molecule has 4 heterocycles. The average Bonchev–Trinajstić information content (AvgIpc) is 3.47. The number of fused-ring (bicyclic) bond motifs is 2. The number of aliphatic hydroxyl groups excluding tert-OH is 1. The summed E-state index contributed by atoms with van der Waals surface area (Å²) in [4.78, 5) is 7.25. The molecular weight excluding hydrogens is 408 g/mol. The number of aliphatic hydroxyl groups is 2. The fourth-order valence-corrected chi connectivity index (χ4v) is 5.78. The number of aromatic amines is 2. The van der Waals surface area contributed by atoms with Crippen molar-refractivity contribution in [3.63, 3.8) is 0 Å². The zero-order valence-corrected chi connectivity index (χ0v) is 18.9. The topological polar surface area (TPSA) is 88.2 Å². The molecule has 1 fully saturated rings. The van der Waals surface area contributed by atoms with Gasteiger partial charge in [-0.15, -0.1) is 11.3 Å². The lowest BCUT2D eigenvalue weighted by molar-refractivity contribution is 0.0285. The minimum Gasteiger partial charge on any atom is -0.393 e. The lowest BCUT2D eigenvalue weighted by Crippen LogP contribution is -2.35. The molecule has 4 aromatic rings. The van der Waals surface area contributed by atoms with Gasteiger partial charge in [-0.1, -0.05) is 26.0 Å². The van der Waals surface area contributed by atoms with Gasteiger partial charge >= 0.3 is 0 Å². The maximum atomic E-state index is 10.9. The SMILES string of the molecule is CCC(O)(CC)c1ccc2cc(-c3n[nH]c4cc(CN5CCC(O)CC5)sc34)[nH]c2c1. The summed E-state index contributed by atoms with van der Waals surface area (Å²) in [6.07, 6.45) is 2.96. The summed E-state index contributed by atoms with van der Waals surface area (Å²) < 4.78 is 1.16. The van der Waals surface area contributed by atoms with E-state index in [1.807, 2.05) is 19.9 Å². The van der Waals surface area contributed by atoms with Crippen LogP contribution in [0.15, 0.2) is 30.3 Å². The summed E-state index contributed by atoms with van der Waals surface area (Å²) in [6, 6.07) is 10.5. The number of hydrogen-bond donors (Lipinski definition) is 4. The van der Waals surface area contributed by atoms with Gasteiger partial charge in [-0.3, -0.25) is 10.00 Å². The predicted octanol–water partition coefficient (Wildman–Crippen LogP) is 4.74. The molecule has 3 aromatic heterocycles. The van der Waals surface area contributed by atoms with Crippen molar-refractivity contribution in [3.05, 3.63) is 40.8 Å². The van der Waals surface area contributed by atoms with E-state index in [9.17, 15) is 10.2 Å². The Bertz CT molecular complexity index is 1200. The minimum absolute atomic E-state index is 0.141. The molecule has 6 nitrogen and oxygen atoms in total. The molecule has 31 heavy (non-hydrogen) atoms. The van der Waals surface area contributed by atoms with Crippen LogP contribution in [0.3, 0.4) is 0 Å². The first kappa shape index (κ1) is 20.7. The molecule has 0 spiro atoms. The summed E-state index contributed by atoms with van der Waals surface area (Å²) in [5, 5.41) is 29.5. The number of benzene rings is 1. The fourth-order valence-electron chi connectivity index (χ4n) is 4.63. The number of likely N-dealkylation sites (tertiary alicyclic amines) is 1. The Morgan fingerprint density at radius 1 is 1.13 bits per heavy atom. The van der Waals surface area contributed by atoms with Crippen molar-refractivity contribution < 1.29 is 10.2 Å². The van der Waals surface area contributed by atoms with Gasteiger partial charge in [-0.05, 0) is 49.4 Å². The van der Waals surface area contributed by atoms with Crippen LogP contribution in [0, 0.1) is 0 Å². The second kappa shape index (κ2) is 8.06. The molecule has 1 aliphatic heterocycles. The van der Waals surface area contributed by atoms with Crippen LogP contribution in [0.4, 0.5) is 0 Å². The van der Waals surface area contributed by atoms with Crippen LogP contribution in [0.2, 0.25) is 0 Å². The number of H-pyrrole nitrogens is 2. The summed E-state index contributed by atoms with van der Waals surface area (Å²) in [5.74, 6) is 0. The Morgan fingerprint density at radius 2 is 1.90 bits per heavy atom. The Kier molecular flexibility index (Phi) is 5.38. The van der Waals surface area contributed by atoms with E-state index in [-0.39, 0.29) is 6.10 Å². The van der Waals surface area contributed by atoms with Gasteiger partial charge in [0.25, 0.3) is 0 Å². The van der Waals surface area contributed by atoms with Crippen molar-refractivity contribution in [1.82, 2.24) is 20.1 Å². The first-order valence-corrected chi connectivity index (χ1v) is 12.0. The zero-order valence-electron chi connectivity index (χ0n) is 18.1. The molecule has 0 unspecified atom stereocenters. The van der Waals surface area contributed by atoms with Gasteiger partial charge < -0.3 is 15.2 Å². The summed E-state index contributed by atoms with van der Waals surface area (Å²) in [5.41, 5.74) is 4.19. The molecule has 0 amide bonds. The highest BCUT2D eigenvalue weighted by molar-refractivity contribution is 7.19. The van der Waals surface area contributed by atoms with Gasteiger partial charge in [-0.2, -0.15) is 5.10 Å². The van der Waals surface area contributed by atoms with Gasteiger partial charge in [-0.25, -0.2) is 0 Å². The molecule has 5 rings (SSSR count). The fraction of sp³-hybridized carbons (Fsp3) is 0.458. The van der Waals surface area contributed by atoms with Gasteiger partial charge in [0.2, 0.25) is 0 Å². The molecule has 0 aliphatic carbocycles. The van der Waals surface area contributed by atoms with Crippen molar-refractivity contribution in [2.24, 2.45) is 0 Å². The van der Waals surface area contributed by atoms with E-state index in [4.69, 9.17) is 0 Å². The summed E-state index contributed by atoms with van der Waals surface area (Å²) in [7, 11) is 0. The molecule has 0 bridgehead atoms. The normalized spacial score (nSPS) is 16.6. The lowest BCUT2D eigenvalue weighted by atomic mass is 9.88. The number of aromatic nitrogens is 3. The molecule has 0 atom stereocenters. The van der Waals surface area contributed by atoms with Crippen LogP contribution in [-0.2, 0) is 12.1 Å². The monoisotopic (exact) mass is 438 g/mol. The summed E-state index contributed by atoms with van der Waals surface area (Å²) >= 11 is 1.79. The highest BCUT2D eigenvalue weighted by atomic mass is 32.1. The molecule has 0 saturated carbocycles. The number of hydrogen-bond acceptors (Lipinski definition) is 5. The third kappa shape index (κ3) is 3.80. The Balaban J connectivity index is 1.44. The van der Waals surface area contributed by atoms with Crippen molar-refractivity contribution in [3.8, 4) is 11.4 Å². The molecule has 0 radical (unpaired) electrons. The standard InChI is InChI=1S/C24H30N4O2S/c1-3-24(30,4-2)16-6-5-15-11-20(25-19(15)12-16)22-23-21(26-27-22)13-18(31-23)14-28-9-7-17(29)8-10-28/h5-6,11-13,17,25,29-30H,3-4,7-10,14H2,1-2H3,(H,26,27). The molecule has 1 saturated heterocycles. The Hall–Kier alpha value is -2.19. The number of nitrogens with zero attached hydrogens (tertiary/aromatic N) is 2. The lowest BCUT2D eigenvalue weighted by Gasteiger charge is -2.28. The van der Waals surface area contributed by atoms with Crippen LogP contribution in [0.25, 0.3) is 32.5 Å². The van der Waals surface area contributed by atoms with Gasteiger partial charge in [0.05, 0.1) is 27.6 Å². The largest absolute Gasteiger partial charge is 0.393 e. The van der Waals surface area contributed by atoms with E-state index in [1.54, 1.807) is 11.3 Å². The van der Waals surface area contributed by atoms with Gasteiger partial charge in [0, 0.05) is 35.4 Å². The van der Waals surface area contributed by atoms with E-state index in [2.05, 4.69) is 44.3 Å². The first-order valence-electron chi connectivity index (χ1n) is 11.2. The highest BCUT2D eigenvalue weighted by Gasteiger charge is 2.25. The second-order valence-electron chi connectivity index (χ2n) is 8.76. The van der Waals surface area contributed by atoms with E-state index in [0.29, 0.717) is 12.8 Å². The smallest absolute Gasteiger partial charge is 0.126 e.